The van der Waals surface area contributed by atoms with Crippen LogP contribution >= 0.6 is 0 Å². The van der Waals surface area contributed by atoms with E-state index in [0.717, 1.165) is 6.42 Å². The van der Waals surface area contributed by atoms with E-state index in [4.69, 9.17) is 4.74 Å². The lowest BCUT2D eigenvalue weighted by molar-refractivity contribution is -0.147. The van der Waals surface area contributed by atoms with Gasteiger partial charge >= 0.3 is 5.97 Å². The molecule has 2 nitrogen and oxygen atoms in total. The van der Waals surface area contributed by atoms with Crippen LogP contribution in [0.15, 0.2) is 18.4 Å². The normalized spacial score (nSPS) is 28.5. The summed E-state index contributed by atoms with van der Waals surface area (Å²) in [4.78, 5) is 10.7. The lowest BCUT2D eigenvalue weighted by Crippen LogP contribution is -2.46. The van der Waals surface area contributed by atoms with Crippen LogP contribution in [0, 0.1) is 17.3 Å². The minimum atomic E-state index is -0.191. The number of carbonyl (C=O) groups is 1. The van der Waals surface area contributed by atoms with Gasteiger partial charge in [0.15, 0.2) is 0 Å². The van der Waals surface area contributed by atoms with Crippen LogP contribution in [0.25, 0.3) is 0 Å². The maximum absolute atomic E-state index is 10.7. The van der Waals surface area contributed by atoms with Crippen molar-refractivity contribution in [3.8, 4) is 0 Å². The van der Waals surface area contributed by atoms with Crippen molar-refractivity contribution < 1.29 is 9.53 Å². The molecule has 0 aromatic heterocycles. The second kappa shape index (κ2) is 4.02. The maximum atomic E-state index is 10.7. The van der Waals surface area contributed by atoms with Gasteiger partial charge < -0.3 is 4.74 Å². The highest BCUT2D eigenvalue weighted by Gasteiger charge is 2.46. The standard InChI is InChI=1S/C12H18O2/c1-5-6-10-7-11(12(10,3)4)8-14-9(2)13/h6,10-11H,1,7-8H2,2-4H3. The summed E-state index contributed by atoms with van der Waals surface area (Å²) < 4.78 is 5.02. The molecule has 0 N–H and O–H groups in total. The fourth-order valence-corrected chi connectivity index (χ4v) is 1.98. The van der Waals surface area contributed by atoms with E-state index in [1.54, 1.807) is 0 Å². The fraction of sp³-hybridized carbons (Fsp3) is 0.667. The first-order valence-corrected chi connectivity index (χ1v) is 4.97. The van der Waals surface area contributed by atoms with Crippen molar-refractivity contribution in [2.45, 2.75) is 27.2 Å². The number of allylic oxidation sites excluding steroid dienone is 1. The largest absolute Gasteiger partial charge is 0.466 e. The number of ether oxygens (including phenoxy) is 1. The van der Waals surface area contributed by atoms with E-state index in [0.29, 0.717) is 18.4 Å². The van der Waals surface area contributed by atoms with Crippen molar-refractivity contribution in [1.82, 2.24) is 0 Å². The number of hydrogen-bond acceptors (Lipinski definition) is 2. The van der Waals surface area contributed by atoms with Gasteiger partial charge in [-0.15, -0.1) is 5.73 Å². The molecule has 2 heteroatoms. The van der Waals surface area contributed by atoms with Crippen LogP contribution in [-0.2, 0) is 9.53 Å². The van der Waals surface area contributed by atoms with Gasteiger partial charge in [0.2, 0.25) is 0 Å². The SMILES string of the molecule is C=C=CC1CC(COC(C)=O)C1(C)C. The lowest BCUT2D eigenvalue weighted by Gasteiger charge is -2.50. The zero-order valence-corrected chi connectivity index (χ0v) is 9.17. The van der Waals surface area contributed by atoms with Crippen molar-refractivity contribution in [2.24, 2.45) is 17.3 Å². The van der Waals surface area contributed by atoms with E-state index in [1.807, 2.05) is 6.08 Å². The Kier molecular flexibility index (Phi) is 3.17. The molecule has 0 spiro atoms. The van der Waals surface area contributed by atoms with E-state index < -0.39 is 0 Å². The van der Waals surface area contributed by atoms with E-state index >= 15 is 0 Å². The predicted molar refractivity (Wildman–Crippen MR) is 55.7 cm³/mol. The smallest absolute Gasteiger partial charge is 0.302 e. The van der Waals surface area contributed by atoms with Gasteiger partial charge in [-0.2, -0.15) is 0 Å². The van der Waals surface area contributed by atoms with Crippen LogP contribution < -0.4 is 0 Å². The Bertz CT molecular complexity index is 270. The number of hydrogen-bond donors (Lipinski definition) is 0. The molecule has 0 amide bonds. The van der Waals surface area contributed by atoms with Crippen molar-refractivity contribution >= 4 is 5.97 Å². The van der Waals surface area contributed by atoms with E-state index in [1.165, 1.54) is 6.92 Å². The number of carbonyl (C=O) groups excluding carboxylic acids is 1. The molecule has 0 aromatic rings. The van der Waals surface area contributed by atoms with Crippen LogP contribution in [0.4, 0.5) is 0 Å². The highest BCUT2D eigenvalue weighted by atomic mass is 16.5. The molecular weight excluding hydrogens is 176 g/mol. The molecule has 1 fully saturated rings. The third-order valence-corrected chi connectivity index (χ3v) is 3.35. The molecule has 2 unspecified atom stereocenters. The average molecular weight is 194 g/mol. The van der Waals surface area contributed by atoms with Crippen LogP contribution in [0.3, 0.4) is 0 Å². The number of rotatable bonds is 3. The third-order valence-electron chi connectivity index (χ3n) is 3.35. The van der Waals surface area contributed by atoms with Gasteiger partial charge in [-0.1, -0.05) is 20.4 Å². The van der Waals surface area contributed by atoms with Crippen LogP contribution in [-0.4, -0.2) is 12.6 Å². The van der Waals surface area contributed by atoms with Gasteiger partial charge in [0.25, 0.3) is 0 Å². The first-order valence-electron chi connectivity index (χ1n) is 4.97. The molecule has 0 bridgehead atoms. The summed E-state index contributed by atoms with van der Waals surface area (Å²) >= 11 is 0. The molecule has 0 heterocycles. The first kappa shape index (κ1) is 11.1. The second-order valence-corrected chi connectivity index (χ2v) is 4.53. The summed E-state index contributed by atoms with van der Waals surface area (Å²) in [5, 5.41) is 0. The molecule has 0 aromatic carbocycles. The highest BCUT2D eigenvalue weighted by Crippen LogP contribution is 2.51. The predicted octanol–water partition coefficient (Wildman–Crippen LogP) is 2.55. The zero-order valence-electron chi connectivity index (χ0n) is 9.17. The summed E-state index contributed by atoms with van der Waals surface area (Å²) in [6.07, 6.45) is 3.09. The van der Waals surface area contributed by atoms with Gasteiger partial charge in [0.05, 0.1) is 6.61 Å². The van der Waals surface area contributed by atoms with Crippen LogP contribution in [0.1, 0.15) is 27.2 Å². The Labute approximate surface area is 85.6 Å². The molecule has 2 atom stereocenters. The molecule has 1 aliphatic carbocycles. The van der Waals surface area contributed by atoms with E-state index in [9.17, 15) is 4.79 Å². The lowest BCUT2D eigenvalue weighted by atomic mass is 9.55. The molecule has 0 aliphatic heterocycles. The maximum Gasteiger partial charge on any atom is 0.302 e. The molecule has 1 rings (SSSR count). The molecular formula is C12H18O2. The first-order chi connectivity index (χ1) is 6.48. The topological polar surface area (TPSA) is 26.3 Å². The minimum Gasteiger partial charge on any atom is -0.466 e. The Morgan fingerprint density at radius 3 is 2.79 bits per heavy atom. The Hall–Kier alpha value is -1.01. The monoisotopic (exact) mass is 194 g/mol. The van der Waals surface area contributed by atoms with E-state index in [-0.39, 0.29) is 11.4 Å². The Morgan fingerprint density at radius 2 is 2.36 bits per heavy atom. The summed E-state index contributed by atoms with van der Waals surface area (Å²) in [6, 6.07) is 0. The third kappa shape index (κ3) is 2.08. The molecule has 14 heavy (non-hydrogen) atoms. The average Bonchev–Trinajstić information content (AvgIpc) is 2.09. The Balaban J connectivity index is 2.46. The van der Waals surface area contributed by atoms with Gasteiger partial charge in [-0.25, -0.2) is 0 Å². The molecule has 0 saturated heterocycles. The molecule has 1 aliphatic rings. The minimum absolute atomic E-state index is 0.191. The fourth-order valence-electron chi connectivity index (χ4n) is 1.98. The van der Waals surface area contributed by atoms with Crippen molar-refractivity contribution in [3.05, 3.63) is 18.4 Å². The van der Waals surface area contributed by atoms with Gasteiger partial charge in [0.1, 0.15) is 0 Å². The van der Waals surface area contributed by atoms with Crippen molar-refractivity contribution in [3.63, 3.8) is 0 Å². The summed E-state index contributed by atoms with van der Waals surface area (Å²) in [6.45, 7) is 9.97. The van der Waals surface area contributed by atoms with E-state index in [2.05, 4.69) is 26.2 Å². The summed E-state index contributed by atoms with van der Waals surface area (Å²) in [5.41, 5.74) is 3.04. The quantitative estimate of drug-likeness (QED) is 0.510. The van der Waals surface area contributed by atoms with Gasteiger partial charge in [-0.3, -0.25) is 4.79 Å². The molecule has 78 valence electrons. The van der Waals surface area contributed by atoms with Gasteiger partial charge in [-0.05, 0) is 29.7 Å². The van der Waals surface area contributed by atoms with Crippen LogP contribution in [0.2, 0.25) is 0 Å². The second-order valence-electron chi connectivity index (χ2n) is 4.53. The zero-order chi connectivity index (χ0) is 10.8. The highest BCUT2D eigenvalue weighted by molar-refractivity contribution is 5.65. The molecule has 0 radical (unpaired) electrons. The number of esters is 1. The summed E-state index contributed by atoms with van der Waals surface area (Å²) in [7, 11) is 0. The van der Waals surface area contributed by atoms with Gasteiger partial charge in [0, 0.05) is 6.92 Å². The Morgan fingerprint density at radius 1 is 1.71 bits per heavy atom. The summed E-state index contributed by atoms with van der Waals surface area (Å²) in [5.74, 6) is 0.810. The molecule has 1 saturated carbocycles. The van der Waals surface area contributed by atoms with Crippen molar-refractivity contribution in [2.75, 3.05) is 6.61 Å². The van der Waals surface area contributed by atoms with Crippen molar-refractivity contribution in [1.29, 1.82) is 0 Å². The van der Waals surface area contributed by atoms with Crippen LogP contribution in [0.5, 0.6) is 0 Å².